The smallest absolute Gasteiger partial charge is 0.199 e. The van der Waals surface area contributed by atoms with E-state index in [0.29, 0.717) is 11.6 Å². The lowest BCUT2D eigenvalue weighted by atomic mass is 10.4. The fourth-order valence-corrected chi connectivity index (χ4v) is 1.68. The first-order valence-electron chi connectivity index (χ1n) is 4.93. The van der Waals surface area contributed by atoms with Gasteiger partial charge in [0, 0.05) is 13.2 Å². The summed E-state index contributed by atoms with van der Waals surface area (Å²) in [7, 11) is 3.37. The Morgan fingerprint density at radius 2 is 2.18 bits per heavy atom. The van der Waals surface area contributed by atoms with E-state index in [-0.39, 0.29) is 5.15 Å². The van der Waals surface area contributed by atoms with Gasteiger partial charge < -0.3 is 10.1 Å². The molecule has 7 heteroatoms. The molecule has 0 saturated heterocycles. The molecular formula is C10H12ClN5O. The fraction of sp³-hybridized carbons (Fsp3) is 0.300. The molecule has 2 heterocycles. The number of methoxy groups -OCH3 is 1. The number of hydrogen-bond acceptors (Lipinski definition) is 5. The highest BCUT2D eigenvalue weighted by Gasteiger charge is 2.12. The van der Waals surface area contributed by atoms with E-state index in [0.717, 1.165) is 11.4 Å². The Morgan fingerprint density at radius 3 is 2.76 bits per heavy atom. The molecule has 6 nitrogen and oxygen atoms in total. The number of aromatic nitrogens is 4. The Hall–Kier alpha value is -1.82. The van der Waals surface area contributed by atoms with E-state index in [2.05, 4.69) is 20.4 Å². The minimum Gasteiger partial charge on any atom is -0.490 e. The third-order valence-corrected chi connectivity index (χ3v) is 2.50. The summed E-state index contributed by atoms with van der Waals surface area (Å²) < 4.78 is 6.86. The second-order valence-corrected chi connectivity index (χ2v) is 3.83. The van der Waals surface area contributed by atoms with E-state index in [1.165, 1.54) is 13.4 Å². The largest absolute Gasteiger partial charge is 0.490 e. The van der Waals surface area contributed by atoms with Gasteiger partial charge in [0.15, 0.2) is 16.7 Å². The Bertz CT molecular complexity index is 539. The summed E-state index contributed by atoms with van der Waals surface area (Å²) in [4.78, 5) is 7.94. The zero-order valence-corrected chi connectivity index (χ0v) is 10.5. The van der Waals surface area contributed by atoms with Crippen LogP contribution in [-0.4, -0.2) is 26.9 Å². The molecule has 0 amide bonds. The monoisotopic (exact) mass is 253 g/mol. The Balaban J connectivity index is 2.36. The van der Waals surface area contributed by atoms with Crippen molar-refractivity contribution >= 4 is 23.1 Å². The highest BCUT2D eigenvalue weighted by Crippen LogP contribution is 2.31. The topological polar surface area (TPSA) is 64.9 Å². The molecule has 0 spiro atoms. The van der Waals surface area contributed by atoms with Crippen molar-refractivity contribution in [3.63, 3.8) is 0 Å². The molecule has 2 aromatic heterocycles. The second kappa shape index (κ2) is 4.58. The van der Waals surface area contributed by atoms with Crippen molar-refractivity contribution in [2.45, 2.75) is 6.92 Å². The van der Waals surface area contributed by atoms with Crippen LogP contribution in [0.4, 0.5) is 11.5 Å². The molecule has 0 unspecified atom stereocenters. The van der Waals surface area contributed by atoms with E-state index in [1.807, 2.05) is 20.2 Å². The van der Waals surface area contributed by atoms with Crippen LogP contribution in [0.15, 0.2) is 12.5 Å². The summed E-state index contributed by atoms with van der Waals surface area (Å²) in [6.07, 6.45) is 3.23. The van der Waals surface area contributed by atoms with Crippen molar-refractivity contribution in [3.8, 4) is 5.75 Å². The average molecular weight is 254 g/mol. The summed E-state index contributed by atoms with van der Waals surface area (Å²) in [5, 5.41) is 7.60. The number of halogens is 1. The van der Waals surface area contributed by atoms with Crippen LogP contribution in [0.1, 0.15) is 5.69 Å². The van der Waals surface area contributed by atoms with Gasteiger partial charge in [0.25, 0.3) is 0 Å². The maximum Gasteiger partial charge on any atom is 0.199 e. The summed E-state index contributed by atoms with van der Waals surface area (Å²) in [6, 6.07) is 0. The molecule has 0 saturated carbocycles. The summed E-state index contributed by atoms with van der Waals surface area (Å²) in [5.41, 5.74) is 1.71. The third-order valence-electron chi connectivity index (χ3n) is 2.23. The molecule has 2 aromatic rings. The number of hydrogen-bond donors (Lipinski definition) is 1. The first kappa shape index (κ1) is 11.7. The van der Waals surface area contributed by atoms with Gasteiger partial charge in [0.2, 0.25) is 0 Å². The van der Waals surface area contributed by atoms with E-state index >= 15 is 0 Å². The molecule has 0 atom stereocenters. The van der Waals surface area contributed by atoms with Crippen molar-refractivity contribution in [1.29, 1.82) is 0 Å². The summed E-state index contributed by atoms with van der Waals surface area (Å²) in [5.74, 6) is 0.931. The molecule has 0 aliphatic rings. The van der Waals surface area contributed by atoms with Crippen LogP contribution in [0, 0.1) is 6.92 Å². The Labute approximate surface area is 104 Å². The lowest BCUT2D eigenvalue weighted by Gasteiger charge is -2.09. The van der Waals surface area contributed by atoms with Crippen molar-refractivity contribution in [3.05, 3.63) is 23.4 Å². The van der Waals surface area contributed by atoms with Gasteiger partial charge in [-0.25, -0.2) is 9.97 Å². The fourth-order valence-electron chi connectivity index (χ4n) is 1.47. The van der Waals surface area contributed by atoms with Crippen LogP contribution in [0.25, 0.3) is 0 Å². The van der Waals surface area contributed by atoms with E-state index in [9.17, 15) is 0 Å². The van der Waals surface area contributed by atoms with E-state index in [4.69, 9.17) is 16.3 Å². The summed E-state index contributed by atoms with van der Waals surface area (Å²) in [6.45, 7) is 1.90. The molecular weight excluding hydrogens is 242 g/mol. The van der Waals surface area contributed by atoms with Crippen LogP contribution in [0.2, 0.25) is 5.15 Å². The Kier molecular flexibility index (Phi) is 3.14. The van der Waals surface area contributed by atoms with E-state index < -0.39 is 0 Å². The molecule has 0 bridgehead atoms. The van der Waals surface area contributed by atoms with Crippen LogP contribution in [-0.2, 0) is 7.05 Å². The van der Waals surface area contributed by atoms with Gasteiger partial charge in [0.05, 0.1) is 18.5 Å². The quantitative estimate of drug-likeness (QED) is 0.847. The number of aryl methyl sites for hydroxylation is 2. The minimum atomic E-state index is 0.270. The lowest BCUT2D eigenvalue weighted by Crippen LogP contribution is -1.99. The predicted octanol–water partition coefficient (Wildman–Crippen LogP) is 1.92. The molecule has 17 heavy (non-hydrogen) atoms. The lowest BCUT2D eigenvalue weighted by molar-refractivity contribution is 0.413. The van der Waals surface area contributed by atoms with Crippen molar-refractivity contribution in [2.75, 3.05) is 12.4 Å². The molecule has 1 N–H and O–H groups in total. The molecule has 0 radical (unpaired) electrons. The molecule has 2 rings (SSSR count). The molecule has 0 fully saturated rings. The van der Waals surface area contributed by atoms with Gasteiger partial charge in [-0.2, -0.15) is 5.10 Å². The van der Waals surface area contributed by atoms with Crippen molar-refractivity contribution in [1.82, 2.24) is 19.7 Å². The van der Waals surface area contributed by atoms with Gasteiger partial charge in [-0.05, 0) is 6.92 Å². The predicted molar refractivity (Wildman–Crippen MR) is 64.8 cm³/mol. The number of rotatable bonds is 3. The van der Waals surface area contributed by atoms with Crippen molar-refractivity contribution < 1.29 is 4.74 Å². The third kappa shape index (κ3) is 2.31. The van der Waals surface area contributed by atoms with Gasteiger partial charge in [-0.15, -0.1) is 0 Å². The SMILES string of the molecule is COc1c(Cl)ncnc1Nc1cn(C)nc1C. The van der Waals surface area contributed by atoms with Crippen LogP contribution in [0.5, 0.6) is 5.75 Å². The molecule has 0 aliphatic heterocycles. The maximum absolute atomic E-state index is 5.90. The number of ether oxygens (including phenoxy) is 1. The van der Waals surface area contributed by atoms with Crippen LogP contribution >= 0.6 is 11.6 Å². The number of anilines is 2. The van der Waals surface area contributed by atoms with Crippen LogP contribution < -0.4 is 10.1 Å². The highest BCUT2D eigenvalue weighted by molar-refractivity contribution is 6.31. The first-order valence-corrected chi connectivity index (χ1v) is 5.31. The van der Waals surface area contributed by atoms with E-state index in [1.54, 1.807) is 4.68 Å². The molecule has 90 valence electrons. The average Bonchev–Trinajstić information content (AvgIpc) is 2.58. The van der Waals surface area contributed by atoms with Gasteiger partial charge in [0.1, 0.15) is 6.33 Å². The molecule has 0 aromatic carbocycles. The van der Waals surface area contributed by atoms with Crippen LogP contribution in [0.3, 0.4) is 0 Å². The maximum atomic E-state index is 5.90. The highest BCUT2D eigenvalue weighted by atomic mass is 35.5. The standard InChI is InChI=1S/C10H12ClN5O/c1-6-7(4-16(2)15-6)14-10-8(17-3)9(11)12-5-13-10/h4-5H,1-3H3,(H,12,13,14). The number of nitrogens with zero attached hydrogens (tertiary/aromatic N) is 4. The Morgan fingerprint density at radius 1 is 1.41 bits per heavy atom. The second-order valence-electron chi connectivity index (χ2n) is 3.47. The zero-order chi connectivity index (χ0) is 12.4. The molecule has 0 aliphatic carbocycles. The number of nitrogens with one attached hydrogen (secondary N) is 1. The zero-order valence-electron chi connectivity index (χ0n) is 9.73. The summed E-state index contributed by atoms with van der Waals surface area (Å²) >= 11 is 5.90. The first-order chi connectivity index (χ1) is 8.11. The normalized spacial score (nSPS) is 10.4. The van der Waals surface area contributed by atoms with Gasteiger partial charge in [-0.3, -0.25) is 4.68 Å². The minimum absolute atomic E-state index is 0.270. The van der Waals surface area contributed by atoms with Gasteiger partial charge in [-0.1, -0.05) is 11.6 Å². The van der Waals surface area contributed by atoms with Gasteiger partial charge >= 0.3 is 0 Å². The van der Waals surface area contributed by atoms with Crippen molar-refractivity contribution in [2.24, 2.45) is 7.05 Å².